The zero-order valence-electron chi connectivity index (χ0n) is 20.1. The third-order valence-corrected chi connectivity index (χ3v) is 5.13. The van der Waals surface area contributed by atoms with Crippen molar-refractivity contribution in [2.75, 3.05) is 18.2 Å². The van der Waals surface area contributed by atoms with Gasteiger partial charge in [0.25, 0.3) is 5.56 Å². The van der Waals surface area contributed by atoms with Crippen molar-refractivity contribution in [3.05, 3.63) is 63.8 Å². The number of nitrogens with two attached hydrogens (primary N) is 2. The number of hydrogen-bond donors (Lipinski definition) is 6. The fourth-order valence-corrected chi connectivity index (χ4v) is 3.55. The van der Waals surface area contributed by atoms with E-state index in [0.29, 0.717) is 22.7 Å². The van der Waals surface area contributed by atoms with Crippen LogP contribution < -0.4 is 32.4 Å². The van der Waals surface area contributed by atoms with Crippen molar-refractivity contribution >= 4 is 23.2 Å². The highest BCUT2D eigenvalue weighted by molar-refractivity contribution is 5.97. The lowest BCUT2D eigenvalue weighted by Gasteiger charge is -2.17. The smallest absolute Gasteiger partial charge is 0.294 e. The van der Waals surface area contributed by atoms with Crippen molar-refractivity contribution in [3.8, 4) is 22.8 Å². The molecule has 36 heavy (non-hydrogen) atoms. The normalized spacial score (nSPS) is 10.8. The minimum absolute atomic E-state index is 0.0734. The summed E-state index contributed by atoms with van der Waals surface area (Å²) in [6, 6.07) is 7.10. The second-order valence-corrected chi connectivity index (χ2v) is 8.34. The molecule has 3 rings (SSSR count). The monoisotopic (exact) mass is 497 g/mol. The van der Waals surface area contributed by atoms with E-state index in [1.807, 2.05) is 13.8 Å². The molecule has 12 heteroatoms. The molecule has 190 valence electrons. The first-order valence-corrected chi connectivity index (χ1v) is 10.9. The molecular weight excluding hydrogens is 469 g/mol. The standard InChI is InChI=1S/C24H28FN7O4/c1-12(2)31-23-24(35)32(18(10-30-23)14-6-15(26)8-16(7-14)36-3)11-20(34)29-9-13-4-17(25)21(22(27)28)19(33)5-13/h4-8,10,12,33H,9,11,26H2,1-3H3,(H3,27,28)(H,29,34)(H,30,31). The fourth-order valence-electron chi connectivity index (χ4n) is 3.55. The zero-order valence-corrected chi connectivity index (χ0v) is 20.1. The predicted molar refractivity (Wildman–Crippen MR) is 135 cm³/mol. The number of amidine groups is 1. The summed E-state index contributed by atoms with van der Waals surface area (Å²) < 4.78 is 20.7. The average Bonchev–Trinajstić information content (AvgIpc) is 2.79. The number of nitrogen functional groups attached to an aromatic ring is 2. The Morgan fingerprint density at radius 3 is 2.61 bits per heavy atom. The van der Waals surface area contributed by atoms with Crippen LogP contribution in [0, 0.1) is 11.2 Å². The number of nitrogens with zero attached hydrogens (tertiary/aromatic N) is 2. The fraction of sp³-hybridized carbons (Fsp3) is 0.250. The molecule has 1 aromatic heterocycles. The summed E-state index contributed by atoms with van der Waals surface area (Å²) in [6.45, 7) is 3.18. The second kappa shape index (κ2) is 10.8. The van der Waals surface area contributed by atoms with Gasteiger partial charge in [0.15, 0.2) is 5.82 Å². The SMILES string of the molecule is COc1cc(N)cc(-c2cnc(NC(C)C)c(=O)n2CC(=O)NCc2cc(O)c(C(=N)N)c(F)c2)c1. The molecule has 0 radical (unpaired) electrons. The number of aromatic nitrogens is 2. The summed E-state index contributed by atoms with van der Waals surface area (Å²) in [7, 11) is 1.48. The van der Waals surface area contributed by atoms with Gasteiger partial charge in [-0.25, -0.2) is 9.37 Å². The van der Waals surface area contributed by atoms with Crippen LogP contribution in [0.25, 0.3) is 11.3 Å². The third kappa shape index (κ3) is 5.90. The maximum absolute atomic E-state index is 14.2. The molecule has 0 bridgehead atoms. The zero-order chi connectivity index (χ0) is 26.6. The maximum atomic E-state index is 14.2. The molecule has 2 aromatic carbocycles. The lowest BCUT2D eigenvalue weighted by atomic mass is 10.1. The van der Waals surface area contributed by atoms with E-state index in [1.54, 1.807) is 18.2 Å². The van der Waals surface area contributed by atoms with Crippen LogP contribution in [0.3, 0.4) is 0 Å². The van der Waals surface area contributed by atoms with Gasteiger partial charge in [-0.15, -0.1) is 0 Å². The molecular formula is C24H28FN7O4. The molecule has 8 N–H and O–H groups in total. The van der Waals surface area contributed by atoms with Crippen LogP contribution in [-0.4, -0.2) is 39.6 Å². The van der Waals surface area contributed by atoms with Crippen LogP contribution in [0.15, 0.2) is 41.3 Å². The van der Waals surface area contributed by atoms with Gasteiger partial charge in [0.2, 0.25) is 5.91 Å². The van der Waals surface area contributed by atoms with Gasteiger partial charge in [0.05, 0.1) is 24.6 Å². The van der Waals surface area contributed by atoms with E-state index >= 15 is 0 Å². The van der Waals surface area contributed by atoms with E-state index in [4.69, 9.17) is 21.6 Å². The number of anilines is 2. The Bertz CT molecular complexity index is 1350. The van der Waals surface area contributed by atoms with Crippen LogP contribution in [0.4, 0.5) is 15.9 Å². The molecule has 0 fully saturated rings. The van der Waals surface area contributed by atoms with E-state index < -0.39 is 34.4 Å². The number of benzene rings is 2. The number of methoxy groups -OCH3 is 1. The van der Waals surface area contributed by atoms with E-state index in [9.17, 15) is 19.1 Å². The largest absolute Gasteiger partial charge is 0.507 e. The summed E-state index contributed by atoms with van der Waals surface area (Å²) in [5.41, 5.74) is 11.8. The van der Waals surface area contributed by atoms with Gasteiger partial charge in [0, 0.05) is 29.9 Å². The molecule has 3 aromatic rings. The van der Waals surface area contributed by atoms with Crippen molar-refractivity contribution in [1.82, 2.24) is 14.9 Å². The molecule has 0 saturated heterocycles. The number of rotatable bonds is 9. The number of aromatic hydroxyl groups is 1. The van der Waals surface area contributed by atoms with E-state index in [2.05, 4.69) is 15.6 Å². The number of carbonyl (C=O) groups excluding carboxylic acids is 1. The van der Waals surface area contributed by atoms with Crippen LogP contribution >= 0.6 is 0 Å². The predicted octanol–water partition coefficient (Wildman–Crippen LogP) is 1.77. The molecule has 0 aliphatic heterocycles. The maximum Gasteiger partial charge on any atom is 0.294 e. The van der Waals surface area contributed by atoms with Gasteiger partial charge in [-0.3, -0.25) is 19.6 Å². The Morgan fingerprint density at radius 1 is 1.28 bits per heavy atom. The summed E-state index contributed by atoms with van der Waals surface area (Å²) in [6.07, 6.45) is 1.46. The third-order valence-electron chi connectivity index (χ3n) is 5.13. The van der Waals surface area contributed by atoms with Gasteiger partial charge in [-0.1, -0.05) is 0 Å². The highest BCUT2D eigenvalue weighted by atomic mass is 19.1. The number of carbonyl (C=O) groups is 1. The lowest BCUT2D eigenvalue weighted by molar-refractivity contribution is -0.121. The molecule has 0 saturated carbocycles. The van der Waals surface area contributed by atoms with Crippen molar-refractivity contribution in [3.63, 3.8) is 0 Å². The Kier molecular flexibility index (Phi) is 7.77. The molecule has 1 heterocycles. The van der Waals surface area contributed by atoms with E-state index in [0.717, 1.165) is 6.07 Å². The van der Waals surface area contributed by atoms with Crippen molar-refractivity contribution in [2.45, 2.75) is 33.0 Å². The van der Waals surface area contributed by atoms with Gasteiger partial charge < -0.3 is 31.9 Å². The number of ether oxygens (including phenoxy) is 1. The molecule has 0 aliphatic carbocycles. The Balaban J connectivity index is 1.92. The quantitative estimate of drug-likeness (QED) is 0.147. The number of hydrogen-bond acceptors (Lipinski definition) is 8. The summed E-state index contributed by atoms with van der Waals surface area (Å²) in [5, 5.41) is 22.9. The lowest BCUT2D eigenvalue weighted by Crippen LogP contribution is -2.35. The van der Waals surface area contributed by atoms with E-state index in [-0.39, 0.29) is 30.5 Å². The van der Waals surface area contributed by atoms with Crippen LogP contribution in [0.1, 0.15) is 25.0 Å². The first kappa shape index (κ1) is 26.0. The highest BCUT2D eigenvalue weighted by Crippen LogP contribution is 2.27. The first-order chi connectivity index (χ1) is 17.0. The van der Waals surface area contributed by atoms with E-state index in [1.165, 1.54) is 23.9 Å². The molecule has 1 amide bonds. The average molecular weight is 498 g/mol. The van der Waals surface area contributed by atoms with Gasteiger partial charge in [0.1, 0.15) is 29.7 Å². The second-order valence-electron chi connectivity index (χ2n) is 8.34. The first-order valence-electron chi connectivity index (χ1n) is 10.9. The topological polar surface area (TPSA) is 181 Å². The van der Waals surface area contributed by atoms with Crippen LogP contribution in [-0.2, 0) is 17.9 Å². The Hall–Kier alpha value is -4.61. The van der Waals surface area contributed by atoms with Gasteiger partial charge in [-0.05, 0) is 43.7 Å². The molecule has 0 aliphatic rings. The summed E-state index contributed by atoms with van der Waals surface area (Å²) in [5.74, 6) is -2.03. The highest BCUT2D eigenvalue weighted by Gasteiger charge is 2.18. The number of amides is 1. The van der Waals surface area contributed by atoms with Crippen molar-refractivity contribution in [1.29, 1.82) is 5.41 Å². The summed E-state index contributed by atoms with van der Waals surface area (Å²) in [4.78, 5) is 30.3. The number of halogens is 1. The minimum Gasteiger partial charge on any atom is -0.507 e. The van der Waals surface area contributed by atoms with Crippen LogP contribution in [0.2, 0.25) is 0 Å². The Morgan fingerprint density at radius 2 is 2.00 bits per heavy atom. The number of phenols is 1. The van der Waals surface area contributed by atoms with Crippen molar-refractivity contribution in [2.24, 2.45) is 5.73 Å². The van der Waals surface area contributed by atoms with Crippen LogP contribution in [0.5, 0.6) is 11.5 Å². The van der Waals surface area contributed by atoms with Gasteiger partial charge >= 0.3 is 0 Å². The summed E-state index contributed by atoms with van der Waals surface area (Å²) >= 11 is 0. The minimum atomic E-state index is -0.889. The molecule has 0 spiro atoms. The number of phenolic OH excluding ortho intramolecular Hbond substituents is 1. The number of nitrogens with one attached hydrogen (secondary N) is 3. The molecule has 0 atom stereocenters. The molecule has 0 unspecified atom stereocenters. The molecule has 11 nitrogen and oxygen atoms in total. The van der Waals surface area contributed by atoms with Gasteiger partial charge in [-0.2, -0.15) is 0 Å². The van der Waals surface area contributed by atoms with Crippen molar-refractivity contribution < 1.29 is 19.0 Å². The Labute approximate surface area is 206 Å².